The van der Waals surface area contributed by atoms with Gasteiger partial charge in [0, 0.05) is 22.0 Å². The fourth-order valence-electron chi connectivity index (χ4n) is 9.75. The van der Waals surface area contributed by atoms with Crippen molar-refractivity contribution < 1.29 is 29.9 Å². The van der Waals surface area contributed by atoms with Gasteiger partial charge in [-0.2, -0.15) is 0 Å². The summed E-state index contributed by atoms with van der Waals surface area (Å²) in [5, 5.41) is 42.8. The van der Waals surface area contributed by atoms with Crippen LogP contribution in [0.5, 0.6) is 0 Å². The van der Waals surface area contributed by atoms with Crippen LogP contribution in [0.1, 0.15) is 84.4 Å². The van der Waals surface area contributed by atoms with Crippen LogP contribution in [0, 0.1) is 22.7 Å². The number of nitrogens with one attached hydrogen (secondary N) is 1. The molecule has 11 atom stereocenters. The molecule has 0 bridgehead atoms. The van der Waals surface area contributed by atoms with E-state index in [-0.39, 0.29) is 22.3 Å². The van der Waals surface area contributed by atoms with Gasteiger partial charge in [-0.25, -0.2) is 0 Å². The van der Waals surface area contributed by atoms with Gasteiger partial charge in [0.2, 0.25) is 0 Å². The van der Waals surface area contributed by atoms with Crippen LogP contribution in [0.4, 0.5) is 0 Å². The van der Waals surface area contributed by atoms with Crippen LogP contribution in [-0.2, 0) is 21.3 Å². The van der Waals surface area contributed by atoms with Crippen molar-refractivity contribution in [3.05, 3.63) is 47.2 Å². The first-order chi connectivity index (χ1) is 19.5. The molecule has 41 heavy (non-hydrogen) atoms. The van der Waals surface area contributed by atoms with Gasteiger partial charge in [-0.3, -0.25) is 0 Å². The second-order valence-electron chi connectivity index (χ2n) is 14.4. The molecule has 5 N–H and O–H groups in total. The third-order valence-electron chi connectivity index (χ3n) is 12.2. The highest BCUT2D eigenvalue weighted by Crippen LogP contribution is 2.70. The predicted molar refractivity (Wildman–Crippen MR) is 158 cm³/mol. The Hall–Kier alpha value is -1.74. The van der Waals surface area contributed by atoms with Crippen molar-refractivity contribution in [1.82, 2.24) is 4.98 Å². The molecule has 0 amide bonds. The SMILES string of the molecule is CC(C)=CCC[C@]1(C)[C@@H](O[C@H]2O[C@@H](CO)[C@H](O)[C@@H](O)[C@H]2O)CC[C@@]2(C)[C@H]1CC[C@H]1Cc3c([nH]c4ccccc34)[C@@]12C. The zero-order chi connectivity index (χ0) is 29.3. The number of hydrogen-bond donors (Lipinski definition) is 5. The largest absolute Gasteiger partial charge is 0.394 e. The number of aliphatic hydroxyl groups excluding tert-OH is 4. The second kappa shape index (κ2) is 10.5. The van der Waals surface area contributed by atoms with Crippen molar-refractivity contribution in [1.29, 1.82) is 0 Å². The maximum absolute atomic E-state index is 10.8. The van der Waals surface area contributed by atoms with Crippen LogP contribution in [0.3, 0.4) is 0 Å². The molecule has 1 aromatic heterocycles. The number of hydrogen-bond acceptors (Lipinski definition) is 6. The van der Waals surface area contributed by atoms with Crippen molar-refractivity contribution in [3.63, 3.8) is 0 Å². The zero-order valence-electron chi connectivity index (χ0n) is 25.3. The number of rotatable bonds is 6. The van der Waals surface area contributed by atoms with Gasteiger partial charge < -0.3 is 34.9 Å². The molecule has 4 aliphatic rings. The molecule has 3 fully saturated rings. The Labute approximate surface area is 244 Å². The Morgan fingerprint density at radius 2 is 1.80 bits per heavy atom. The number of aromatic amines is 1. The Balaban J connectivity index is 1.37. The average Bonchev–Trinajstić information content (AvgIpc) is 3.45. The van der Waals surface area contributed by atoms with Gasteiger partial charge in [0.15, 0.2) is 6.29 Å². The highest BCUT2D eigenvalue weighted by Gasteiger charge is 2.67. The molecule has 226 valence electrons. The quantitative estimate of drug-likeness (QED) is 0.254. The lowest BCUT2D eigenvalue weighted by atomic mass is 9.40. The third kappa shape index (κ3) is 4.29. The Morgan fingerprint density at radius 3 is 2.54 bits per heavy atom. The summed E-state index contributed by atoms with van der Waals surface area (Å²) in [6.45, 7) is 11.2. The number of H-pyrrole nitrogens is 1. The van der Waals surface area contributed by atoms with Crippen LogP contribution < -0.4 is 0 Å². The third-order valence-corrected chi connectivity index (χ3v) is 12.2. The maximum atomic E-state index is 10.8. The van der Waals surface area contributed by atoms with Gasteiger partial charge in [-0.05, 0) is 93.1 Å². The van der Waals surface area contributed by atoms with Crippen LogP contribution in [0.2, 0.25) is 0 Å². The molecule has 0 unspecified atom stereocenters. The van der Waals surface area contributed by atoms with Crippen molar-refractivity contribution in [2.45, 2.75) is 122 Å². The van der Waals surface area contributed by atoms with Gasteiger partial charge in [-0.15, -0.1) is 0 Å². The van der Waals surface area contributed by atoms with E-state index in [1.54, 1.807) is 0 Å². The minimum Gasteiger partial charge on any atom is -0.394 e. The van der Waals surface area contributed by atoms with E-state index in [1.165, 1.54) is 34.2 Å². The monoisotopic (exact) mass is 567 g/mol. The first-order valence-corrected chi connectivity index (χ1v) is 15.6. The molecule has 2 saturated carbocycles. The fourth-order valence-corrected chi connectivity index (χ4v) is 9.75. The van der Waals surface area contributed by atoms with E-state index < -0.39 is 37.3 Å². The number of fused-ring (bicyclic) bond motifs is 7. The highest BCUT2D eigenvalue weighted by atomic mass is 16.7. The van der Waals surface area contributed by atoms with E-state index in [0.717, 1.165) is 38.5 Å². The molecule has 3 aliphatic carbocycles. The number of para-hydroxylation sites is 1. The molecule has 2 heterocycles. The van der Waals surface area contributed by atoms with Crippen LogP contribution in [0.15, 0.2) is 35.9 Å². The lowest BCUT2D eigenvalue weighted by Gasteiger charge is -2.65. The van der Waals surface area contributed by atoms with Gasteiger partial charge in [0.1, 0.15) is 24.4 Å². The summed E-state index contributed by atoms with van der Waals surface area (Å²) in [6, 6.07) is 8.72. The minimum absolute atomic E-state index is 0.0101. The summed E-state index contributed by atoms with van der Waals surface area (Å²) in [4.78, 5) is 3.89. The Morgan fingerprint density at radius 1 is 1.05 bits per heavy atom. The van der Waals surface area contributed by atoms with Gasteiger partial charge in [0.25, 0.3) is 0 Å². The predicted octanol–water partition coefficient (Wildman–Crippen LogP) is 4.75. The molecule has 7 heteroatoms. The number of benzene rings is 1. The lowest BCUT2D eigenvalue weighted by Crippen LogP contribution is -2.64. The fraction of sp³-hybridized carbons (Fsp3) is 0.706. The molecule has 0 radical (unpaired) electrons. The molecule has 6 rings (SSSR count). The van der Waals surface area contributed by atoms with E-state index >= 15 is 0 Å². The topological polar surface area (TPSA) is 115 Å². The summed E-state index contributed by atoms with van der Waals surface area (Å²) >= 11 is 0. The molecule has 0 spiro atoms. The number of ether oxygens (including phenoxy) is 2. The average molecular weight is 568 g/mol. The summed E-state index contributed by atoms with van der Waals surface area (Å²) in [6.07, 6.45) is 2.90. The second-order valence-corrected chi connectivity index (χ2v) is 14.4. The van der Waals surface area contributed by atoms with Crippen LogP contribution >= 0.6 is 0 Å². The van der Waals surface area contributed by atoms with Crippen LogP contribution in [0.25, 0.3) is 10.9 Å². The standard InChI is InChI=1S/C34H49NO6/c1-19(2)9-8-15-32(3)25-13-12-20-17-22-21-10-6-7-11-23(21)35-30(22)34(20,5)33(25,4)16-14-26(32)41-31-29(39)28(38)27(37)24(18-36)40-31/h6-7,9-11,20,24-29,31,35-39H,8,12-18H2,1-5H3/t20-,24-,25-,26-,27-,28+,29+,31+,32-,33-,34+/m0/s1. The molecular formula is C34H49NO6. The number of allylic oxidation sites excluding steroid dienone is 2. The Bertz CT molecular complexity index is 1300. The highest BCUT2D eigenvalue weighted by molar-refractivity contribution is 5.86. The van der Waals surface area contributed by atoms with E-state index in [1.807, 2.05) is 0 Å². The number of aromatic nitrogens is 1. The smallest absolute Gasteiger partial charge is 0.186 e. The Kier molecular flexibility index (Phi) is 7.48. The van der Waals surface area contributed by atoms with Crippen LogP contribution in [-0.4, -0.2) is 68.8 Å². The van der Waals surface area contributed by atoms with Crippen molar-refractivity contribution in [3.8, 4) is 0 Å². The van der Waals surface area contributed by atoms with Crippen molar-refractivity contribution in [2.24, 2.45) is 22.7 Å². The van der Waals surface area contributed by atoms with Crippen molar-refractivity contribution >= 4 is 10.9 Å². The number of aliphatic hydroxyl groups is 4. The molecule has 1 saturated heterocycles. The molecule has 7 nitrogen and oxygen atoms in total. The zero-order valence-corrected chi connectivity index (χ0v) is 25.3. The molecule has 2 aromatic rings. The first-order valence-electron chi connectivity index (χ1n) is 15.6. The summed E-state index contributed by atoms with van der Waals surface area (Å²) in [7, 11) is 0. The minimum atomic E-state index is -1.44. The molecular weight excluding hydrogens is 518 g/mol. The first kappa shape index (κ1) is 29.3. The van der Waals surface area contributed by atoms with E-state index in [0.29, 0.717) is 11.8 Å². The van der Waals surface area contributed by atoms with Gasteiger partial charge in [-0.1, -0.05) is 50.6 Å². The van der Waals surface area contributed by atoms with Gasteiger partial charge >= 0.3 is 0 Å². The van der Waals surface area contributed by atoms with E-state index in [9.17, 15) is 20.4 Å². The lowest BCUT2D eigenvalue weighted by molar-refractivity contribution is -0.330. The van der Waals surface area contributed by atoms with Crippen molar-refractivity contribution in [2.75, 3.05) is 6.61 Å². The van der Waals surface area contributed by atoms with Gasteiger partial charge in [0.05, 0.1) is 12.7 Å². The maximum Gasteiger partial charge on any atom is 0.186 e. The normalized spacial score (nSPS) is 43.8. The summed E-state index contributed by atoms with van der Waals surface area (Å²) in [5.41, 5.74) is 5.30. The van der Waals surface area contributed by atoms with E-state index in [2.05, 4.69) is 69.9 Å². The van der Waals surface area contributed by atoms with E-state index in [4.69, 9.17) is 9.47 Å². The summed E-state index contributed by atoms with van der Waals surface area (Å²) < 4.78 is 12.5. The molecule has 1 aliphatic heterocycles. The summed E-state index contributed by atoms with van der Waals surface area (Å²) in [5.74, 6) is 0.974. The molecule has 1 aromatic carbocycles.